The van der Waals surface area contributed by atoms with E-state index in [-0.39, 0.29) is 10.7 Å². The molecule has 8 heteroatoms. The Morgan fingerprint density at radius 3 is 2.11 bits per heavy atom. The first-order valence-corrected chi connectivity index (χ1v) is 11.5. The van der Waals surface area contributed by atoms with Crippen molar-refractivity contribution in [2.75, 3.05) is 0 Å². The van der Waals surface area contributed by atoms with E-state index in [4.69, 9.17) is 23.2 Å². The van der Waals surface area contributed by atoms with E-state index in [0.29, 0.717) is 16.1 Å². The average molecular weight is 512 g/mol. The first-order chi connectivity index (χ1) is 16.7. The number of carboxylic acids is 1. The van der Waals surface area contributed by atoms with Gasteiger partial charge in [-0.25, -0.2) is 0 Å². The van der Waals surface area contributed by atoms with Crippen molar-refractivity contribution in [3.8, 4) is 11.1 Å². The number of benzene rings is 3. The van der Waals surface area contributed by atoms with E-state index in [1.165, 1.54) is 25.1 Å². The molecule has 0 fully saturated rings. The van der Waals surface area contributed by atoms with E-state index in [9.17, 15) is 24.6 Å². The van der Waals surface area contributed by atoms with Crippen LogP contribution in [0.3, 0.4) is 0 Å². The van der Waals surface area contributed by atoms with Crippen molar-refractivity contribution >= 4 is 46.9 Å². The van der Waals surface area contributed by atoms with Crippen molar-refractivity contribution in [3.05, 3.63) is 99.7 Å². The molecule has 0 aliphatic heterocycles. The number of aliphatic hydroxyl groups is 1. The van der Waals surface area contributed by atoms with E-state index in [1.807, 2.05) is 30.3 Å². The molecule has 0 radical (unpaired) electrons. The number of aliphatic carboxylic acids is 1. The normalized spacial score (nSPS) is 13.1. The van der Waals surface area contributed by atoms with Gasteiger partial charge >= 0.3 is 5.97 Å². The number of rotatable bonds is 9. The molecule has 180 valence electrons. The Bertz CT molecular complexity index is 1250. The van der Waals surface area contributed by atoms with Crippen LogP contribution in [0.25, 0.3) is 17.2 Å². The van der Waals surface area contributed by atoms with Crippen molar-refractivity contribution in [2.24, 2.45) is 5.92 Å². The molecule has 3 N–H and O–H groups in total. The SMILES string of the molecule is C[C@H](O)[C@@H](CC(=O)/C(=C\c1ccc(Cl)c(Cl)c1)NC(=O)c1ccc(-c2ccccc2)cc1)C(=O)O. The average Bonchev–Trinajstić information content (AvgIpc) is 2.84. The Labute approximate surface area is 212 Å². The predicted octanol–water partition coefficient (Wildman–Crippen LogP) is 5.47. The minimum atomic E-state index is -1.33. The van der Waals surface area contributed by atoms with E-state index >= 15 is 0 Å². The fraction of sp³-hybridized carbons (Fsp3) is 0.148. The summed E-state index contributed by atoms with van der Waals surface area (Å²) in [6.07, 6.45) is -0.376. The van der Waals surface area contributed by atoms with E-state index in [2.05, 4.69) is 5.32 Å². The molecule has 3 aromatic rings. The number of carbonyl (C=O) groups is 3. The molecule has 0 heterocycles. The van der Waals surface area contributed by atoms with Gasteiger partial charge in [-0.2, -0.15) is 0 Å². The second kappa shape index (κ2) is 11.8. The molecule has 0 aliphatic rings. The number of hydrogen-bond acceptors (Lipinski definition) is 4. The third-order valence-electron chi connectivity index (χ3n) is 5.36. The summed E-state index contributed by atoms with van der Waals surface area (Å²) in [5, 5.41) is 22.3. The Hall–Kier alpha value is -3.45. The summed E-state index contributed by atoms with van der Waals surface area (Å²) < 4.78 is 0. The molecule has 0 saturated carbocycles. The van der Waals surface area contributed by atoms with E-state index < -0.39 is 36.1 Å². The molecular weight excluding hydrogens is 489 g/mol. The molecule has 35 heavy (non-hydrogen) atoms. The third kappa shape index (κ3) is 7.02. The number of hydrogen-bond donors (Lipinski definition) is 3. The van der Waals surface area contributed by atoms with Crippen LogP contribution in [0.5, 0.6) is 0 Å². The van der Waals surface area contributed by atoms with Gasteiger partial charge < -0.3 is 15.5 Å². The molecule has 3 rings (SSSR count). The van der Waals surface area contributed by atoms with Gasteiger partial charge in [-0.1, -0.05) is 71.7 Å². The fourth-order valence-corrected chi connectivity index (χ4v) is 3.67. The van der Waals surface area contributed by atoms with Crippen molar-refractivity contribution in [2.45, 2.75) is 19.4 Å². The molecule has 0 bridgehead atoms. The maximum Gasteiger partial charge on any atom is 0.309 e. The number of ketones is 1. The van der Waals surface area contributed by atoms with Crippen molar-refractivity contribution in [3.63, 3.8) is 0 Å². The summed E-state index contributed by atoms with van der Waals surface area (Å²) in [6, 6.07) is 21.2. The molecule has 3 aromatic carbocycles. The van der Waals surface area contributed by atoms with Crippen LogP contribution in [0.15, 0.2) is 78.5 Å². The van der Waals surface area contributed by atoms with Crippen molar-refractivity contribution < 1.29 is 24.6 Å². The number of carbonyl (C=O) groups excluding carboxylic acids is 2. The molecule has 2 atom stereocenters. The minimum absolute atomic E-state index is 0.132. The fourth-order valence-electron chi connectivity index (χ4n) is 3.37. The lowest BCUT2D eigenvalue weighted by molar-refractivity contribution is -0.147. The van der Waals surface area contributed by atoms with Crippen LogP contribution < -0.4 is 5.32 Å². The highest BCUT2D eigenvalue weighted by Crippen LogP contribution is 2.24. The van der Waals surface area contributed by atoms with Gasteiger partial charge in [-0.15, -0.1) is 0 Å². The molecule has 1 amide bonds. The van der Waals surface area contributed by atoms with E-state index in [0.717, 1.165) is 11.1 Å². The molecule has 0 saturated heterocycles. The quantitative estimate of drug-likeness (QED) is 0.330. The van der Waals surface area contributed by atoms with Gasteiger partial charge in [0.2, 0.25) is 0 Å². The monoisotopic (exact) mass is 511 g/mol. The van der Waals surface area contributed by atoms with Gasteiger partial charge in [0.1, 0.15) is 0 Å². The third-order valence-corrected chi connectivity index (χ3v) is 6.10. The number of aliphatic hydroxyl groups excluding tert-OH is 1. The van der Waals surface area contributed by atoms with Gasteiger partial charge in [0, 0.05) is 12.0 Å². The summed E-state index contributed by atoms with van der Waals surface area (Å²) >= 11 is 12.0. The van der Waals surface area contributed by atoms with Gasteiger partial charge in [0.15, 0.2) is 5.78 Å². The van der Waals surface area contributed by atoms with Gasteiger partial charge in [-0.05, 0) is 54.0 Å². The first kappa shape index (κ1) is 26.2. The molecule has 0 spiro atoms. The Morgan fingerprint density at radius 1 is 0.914 bits per heavy atom. The summed E-state index contributed by atoms with van der Waals surface area (Å²) in [4.78, 5) is 37.4. The number of nitrogens with one attached hydrogen (secondary N) is 1. The van der Waals surface area contributed by atoms with Crippen LogP contribution in [-0.2, 0) is 9.59 Å². The highest BCUT2D eigenvalue weighted by atomic mass is 35.5. The molecule has 0 aliphatic carbocycles. The highest BCUT2D eigenvalue weighted by Gasteiger charge is 2.28. The van der Waals surface area contributed by atoms with Crippen LogP contribution in [0.4, 0.5) is 0 Å². The standard InChI is InChI=1S/C27H23Cl2NO5/c1-16(31)21(27(34)35)15-25(32)24(14-17-7-12-22(28)23(29)13-17)30-26(33)20-10-8-19(9-11-20)18-5-3-2-4-6-18/h2-14,16,21,31H,15H2,1H3,(H,30,33)(H,34,35)/b24-14+/t16-,21+/m0/s1. The maximum absolute atomic E-state index is 13.0. The van der Waals surface area contributed by atoms with Crippen LogP contribution >= 0.6 is 23.2 Å². The lowest BCUT2D eigenvalue weighted by Gasteiger charge is -2.16. The number of allylic oxidation sites excluding steroid dienone is 1. The number of carboxylic acid groups (broad SMARTS) is 1. The maximum atomic E-state index is 13.0. The minimum Gasteiger partial charge on any atom is -0.481 e. The van der Waals surface area contributed by atoms with Crippen LogP contribution in [0.2, 0.25) is 10.0 Å². The van der Waals surface area contributed by atoms with Crippen LogP contribution in [0.1, 0.15) is 29.3 Å². The Morgan fingerprint density at radius 2 is 1.54 bits per heavy atom. The second-order valence-corrected chi connectivity index (χ2v) is 8.76. The summed E-state index contributed by atoms with van der Waals surface area (Å²) in [5.41, 5.74) is 2.57. The van der Waals surface area contributed by atoms with Crippen molar-refractivity contribution in [1.29, 1.82) is 0 Å². The van der Waals surface area contributed by atoms with Crippen LogP contribution in [0, 0.1) is 5.92 Å². The first-order valence-electron chi connectivity index (χ1n) is 10.7. The van der Waals surface area contributed by atoms with E-state index in [1.54, 1.807) is 30.3 Å². The second-order valence-electron chi connectivity index (χ2n) is 7.94. The smallest absolute Gasteiger partial charge is 0.309 e. The summed E-state index contributed by atoms with van der Waals surface area (Å²) in [6.45, 7) is 1.29. The number of amides is 1. The van der Waals surface area contributed by atoms with Gasteiger partial charge in [0.25, 0.3) is 5.91 Å². The molecule has 6 nitrogen and oxygen atoms in total. The zero-order valence-electron chi connectivity index (χ0n) is 18.7. The highest BCUT2D eigenvalue weighted by molar-refractivity contribution is 6.42. The molecule has 0 unspecified atom stereocenters. The summed E-state index contributed by atoms with van der Waals surface area (Å²) in [7, 11) is 0. The van der Waals surface area contributed by atoms with Gasteiger partial charge in [-0.3, -0.25) is 14.4 Å². The number of halogens is 2. The largest absolute Gasteiger partial charge is 0.481 e. The Balaban J connectivity index is 1.88. The topological polar surface area (TPSA) is 104 Å². The Kier molecular flexibility index (Phi) is 8.82. The number of Topliss-reactive ketones (excluding diaryl/α,β-unsaturated/α-hetero) is 1. The summed E-state index contributed by atoms with van der Waals surface area (Å²) in [5.74, 6) is -3.85. The lowest BCUT2D eigenvalue weighted by Crippen LogP contribution is -2.33. The van der Waals surface area contributed by atoms with Crippen molar-refractivity contribution in [1.82, 2.24) is 5.32 Å². The van der Waals surface area contributed by atoms with Crippen LogP contribution in [-0.4, -0.2) is 34.0 Å². The molecule has 0 aromatic heterocycles. The van der Waals surface area contributed by atoms with Gasteiger partial charge in [0.05, 0.1) is 27.8 Å². The predicted molar refractivity (Wildman–Crippen MR) is 136 cm³/mol. The molecular formula is C27H23Cl2NO5. The zero-order chi connectivity index (χ0) is 25.5. The lowest BCUT2D eigenvalue weighted by atomic mass is 9.95. The zero-order valence-corrected chi connectivity index (χ0v) is 20.3.